The van der Waals surface area contributed by atoms with Crippen LogP contribution in [0.3, 0.4) is 0 Å². The molecule has 23 heavy (non-hydrogen) atoms. The Bertz CT molecular complexity index is 667. The maximum Gasteiger partial charge on any atom is 0.318 e. The molecule has 1 aromatic rings. The molecule has 0 saturated heterocycles. The molecule has 0 spiro atoms. The van der Waals surface area contributed by atoms with Gasteiger partial charge in [0.05, 0.1) is 6.61 Å². The number of hydrogen-bond donors (Lipinski definition) is 0. The van der Waals surface area contributed by atoms with Crippen molar-refractivity contribution in [2.24, 2.45) is 10.4 Å². The molecule has 0 unspecified atom stereocenters. The van der Waals surface area contributed by atoms with E-state index in [0.717, 1.165) is 30.5 Å². The van der Waals surface area contributed by atoms with Crippen LogP contribution < -0.4 is 4.74 Å². The molecule has 0 bridgehead atoms. The number of ether oxygens (including phenoxy) is 2. The van der Waals surface area contributed by atoms with Crippen LogP contribution in [0.2, 0.25) is 0 Å². The van der Waals surface area contributed by atoms with Gasteiger partial charge in [0.2, 0.25) is 0 Å². The molecule has 0 amide bonds. The average Bonchev–Trinajstić information content (AvgIpc) is 3.07. The number of carbonyl (C=O) groups excluding carboxylic acids is 2. The highest BCUT2D eigenvalue weighted by molar-refractivity contribution is 6.10. The van der Waals surface area contributed by atoms with Gasteiger partial charge in [-0.15, -0.1) is 0 Å². The van der Waals surface area contributed by atoms with Crippen molar-refractivity contribution in [3.05, 3.63) is 29.8 Å². The fourth-order valence-corrected chi connectivity index (χ4v) is 3.86. The molecule has 1 saturated carbocycles. The van der Waals surface area contributed by atoms with Gasteiger partial charge in [0.15, 0.2) is 0 Å². The molecule has 2 atom stereocenters. The third-order valence-electron chi connectivity index (χ3n) is 4.75. The second kappa shape index (κ2) is 6.14. The van der Waals surface area contributed by atoms with Crippen LogP contribution in [-0.4, -0.2) is 30.8 Å². The lowest BCUT2D eigenvalue weighted by molar-refractivity contribution is -0.151. The Balaban J connectivity index is 2.03. The fraction of sp³-hybridized carbons (Fsp3) is 0.500. The first-order valence-electron chi connectivity index (χ1n) is 8.08. The zero-order valence-electron chi connectivity index (χ0n) is 13.5. The maximum atomic E-state index is 12.8. The smallest absolute Gasteiger partial charge is 0.318 e. The largest absolute Gasteiger partial charge is 0.465 e. The van der Waals surface area contributed by atoms with Crippen LogP contribution in [-0.2, 0) is 14.3 Å². The number of para-hydroxylation sites is 1. The summed E-state index contributed by atoms with van der Waals surface area (Å²) in [6.07, 6.45) is 2.51. The lowest BCUT2D eigenvalue weighted by Gasteiger charge is -2.31. The Labute approximate surface area is 135 Å². The first kappa shape index (κ1) is 15.7. The number of esters is 2. The van der Waals surface area contributed by atoms with E-state index in [9.17, 15) is 9.59 Å². The van der Waals surface area contributed by atoms with Crippen molar-refractivity contribution in [2.75, 3.05) is 13.2 Å². The minimum atomic E-state index is -0.688. The number of carbonyl (C=O) groups is 2. The van der Waals surface area contributed by atoms with Gasteiger partial charge in [-0.3, -0.25) is 14.6 Å². The quantitative estimate of drug-likeness (QED) is 0.633. The van der Waals surface area contributed by atoms with Crippen LogP contribution in [0, 0.1) is 5.41 Å². The summed E-state index contributed by atoms with van der Waals surface area (Å²) in [7, 11) is 0. The monoisotopic (exact) mass is 315 g/mol. The minimum Gasteiger partial charge on any atom is -0.465 e. The van der Waals surface area contributed by atoms with Crippen molar-refractivity contribution in [2.45, 2.75) is 39.0 Å². The predicted molar refractivity (Wildman–Crippen MR) is 85.7 cm³/mol. The van der Waals surface area contributed by atoms with Crippen LogP contribution in [0.15, 0.2) is 29.3 Å². The summed E-state index contributed by atoms with van der Waals surface area (Å²) >= 11 is 0. The van der Waals surface area contributed by atoms with Gasteiger partial charge in [-0.2, -0.15) is 0 Å². The highest BCUT2D eigenvalue weighted by Gasteiger charge is 2.57. The van der Waals surface area contributed by atoms with E-state index in [1.807, 2.05) is 25.1 Å². The third-order valence-corrected chi connectivity index (χ3v) is 4.75. The van der Waals surface area contributed by atoms with Crippen molar-refractivity contribution in [1.82, 2.24) is 0 Å². The van der Waals surface area contributed by atoms with Crippen molar-refractivity contribution >= 4 is 17.7 Å². The van der Waals surface area contributed by atoms with Crippen molar-refractivity contribution in [3.8, 4) is 5.75 Å². The fourth-order valence-electron chi connectivity index (χ4n) is 3.86. The lowest BCUT2D eigenvalue weighted by Crippen LogP contribution is -2.40. The summed E-state index contributed by atoms with van der Waals surface area (Å²) in [6, 6.07) is 7.40. The molecule has 1 aromatic carbocycles. The number of benzene rings is 1. The zero-order valence-corrected chi connectivity index (χ0v) is 13.5. The Kier molecular flexibility index (Phi) is 4.20. The summed E-state index contributed by atoms with van der Waals surface area (Å²) in [5.74, 6) is -0.184. The summed E-state index contributed by atoms with van der Waals surface area (Å²) in [5, 5.41) is 0. The van der Waals surface area contributed by atoms with E-state index >= 15 is 0 Å². The molecule has 0 N–H and O–H groups in total. The second-order valence-corrected chi connectivity index (χ2v) is 6.02. The minimum absolute atomic E-state index is 0.130. The second-order valence-electron chi connectivity index (χ2n) is 6.02. The molecule has 0 aromatic heterocycles. The standard InChI is InChI=1S/C18H21NO4/c1-3-22-17(21)18-10-6-9-16(18)19-11-14(18)13-7-4-5-8-15(13)23-12(2)20/h4-5,7-8,14H,3,6,9-11H2,1-2H3/t14-,18+/m0/s1. The zero-order chi connectivity index (χ0) is 16.4. The highest BCUT2D eigenvalue weighted by Crippen LogP contribution is 2.53. The summed E-state index contributed by atoms with van der Waals surface area (Å²) in [4.78, 5) is 28.8. The van der Waals surface area contributed by atoms with Crippen molar-refractivity contribution in [3.63, 3.8) is 0 Å². The van der Waals surface area contributed by atoms with E-state index in [0.29, 0.717) is 18.9 Å². The molecular formula is C18H21NO4. The molecule has 1 aliphatic heterocycles. The van der Waals surface area contributed by atoms with Gasteiger partial charge in [0, 0.05) is 30.7 Å². The molecule has 1 fully saturated rings. The van der Waals surface area contributed by atoms with Crippen LogP contribution in [0.5, 0.6) is 5.75 Å². The number of nitrogens with zero attached hydrogens (tertiary/aromatic N) is 1. The summed E-state index contributed by atoms with van der Waals surface area (Å²) in [5.41, 5.74) is 1.11. The molecule has 1 aliphatic carbocycles. The molecule has 3 rings (SSSR count). The van der Waals surface area contributed by atoms with Gasteiger partial charge in [0.1, 0.15) is 11.2 Å². The normalized spacial score (nSPS) is 25.7. The van der Waals surface area contributed by atoms with Gasteiger partial charge in [-0.25, -0.2) is 0 Å². The summed E-state index contributed by atoms with van der Waals surface area (Å²) in [6.45, 7) is 4.08. The van der Waals surface area contributed by atoms with Crippen LogP contribution in [0.4, 0.5) is 0 Å². The maximum absolute atomic E-state index is 12.8. The number of fused-ring (bicyclic) bond motifs is 1. The van der Waals surface area contributed by atoms with Gasteiger partial charge in [-0.05, 0) is 32.3 Å². The molecule has 5 heteroatoms. The topological polar surface area (TPSA) is 65.0 Å². The van der Waals surface area contributed by atoms with Gasteiger partial charge in [0.25, 0.3) is 0 Å². The van der Waals surface area contributed by atoms with Gasteiger partial charge < -0.3 is 9.47 Å². The van der Waals surface area contributed by atoms with Crippen molar-refractivity contribution in [1.29, 1.82) is 0 Å². The average molecular weight is 315 g/mol. The molecular weight excluding hydrogens is 294 g/mol. The molecule has 1 heterocycles. The Morgan fingerprint density at radius 2 is 2.13 bits per heavy atom. The number of hydrogen-bond acceptors (Lipinski definition) is 5. The Morgan fingerprint density at radius 1 is 1.35 bits per heavy atom. The highest BCUT2D eigenvalue weighted by atomic mass is 16.5. The molecule has 5 nitrogen and oxygen atoms in total. The SMILES string of the molecule is CCOC(=O)[C@@]12CCCC1=NC[C@H]2c1ccccc1OC(C)=O. The van der Waals surface area contributed by atoms with E-state index in [4.69, 9.17) is 9.47 Å². The summed E-state index contributed by atoms with van der Waals surface area (Å²) < 4.78 is 10.7. The number of rotatable bonds is 4. The number of aliphatic imine (C=N–C) groups is 1. The first-order valence-corrected chi connectivity index (χ1v) is 8.08. The van der Waals surface area contributed by atoms with Gasteiger partial charge >= 0.3 is 11.9 Å². The van der Waals surface area contributed by atoms with Gasteiger partial charge in [-0.1, -0.05) is 18.2 Å². The van der Waals surface area contributed by atoms with Crippen LogP contribution in [0.25, 0.3) is 0 Å². The Morgan fingerprint density at radius 3 is 2.87 bits per heavy atom. The van der Waals surface area contributed by atoms with E-state index in [1.165, 1.54) is 6.92 Å². The van der Waals surface area contributed by atoms with Crippen LogP contribution in [0.1, 0.15) is 44.6 Å². The van der Waals surface area contributed by atoms with Crippen molar-refractivity contribution < 1.29 is 19.1 Å². The van der Waals surface area contributed by atoms with E-state index < -0.39 is 5.41 Å². The first-order chi connectivity index (χ1) is 11.1. The lowest BCUT2D eigenvalue weighted by atomic mass is 9.71. The van der Waals surface area contributed by atoms with Crippen LogP contribution >= 0.6 is 0 Å². The molecule has 2 aliphatic rings. The molecule has 122 valence electrons. The third kappa shape index (κ3) is 2.54. The van der Waals surface area contributed by atoms with E-state index in [2.05, 4.69) is 4.99 Å². The predicted octanol–water partition coefficient (Wildman–Crippen LogP) is 2.88. The molecule has 0 radical (unpaired) electrons. The Hall–Kier alpha value is -2.17. The van der Waals surface area contributed by atoms with E-state index in [-0.39, 0.29) is 17.9 Å². The van der Waals surface area contributed by atoms with E-state index in [1.54, 1.807) is 6.07 Å².